The Bertz CT molecular complexity index is 1410. The molecule has 40 heavy (non-hydrogen) atoms. The van der Waals surface area contributed by atoms with Crippen LogP contribution in [0.25, 0.3) is 11.0 Å². The molecule has 2 aliphatic heterocycles. The van der Waals surface area contributed by atoms with E-state index in [1.54, 1.807) is 12.1 Å². The highest BCUT2D eigenvalue weighted by molar-refractivity contribution is 5.92. The summed E-state index contributed by atoms with van der Waals surface area (Å²) in [4.78, 5) is 33.6. The molecular formula is C32H40N4O4. The number of aromatic hydroxyl groups is 1. The predicted octanol–water partition coefficient (Wildman–Crippen LogP) is 5.78. The van der Waals surface area contributed by atoms with Crippen LogP contribution in [0.1, 0.15) is 92.6 Å². The fraction of sp³-hybridized carbons (Fsp3) is 0.531. The summed E-state index contributed by atoms with van der Waals surface area (Å²) in [5, 5.41) is 13.3. The zero-order chi connectivity index (χ0) is 27.6. The summed E-state index contributed by atoms with van der Waals surface area (Å²) in [5.74, 6) is -0.436. The first-order chi connectivity index (χ1) is 19.5. The number of esters is 1. The van der Waals surface area contributed by atoms with Crippen molar-refractivity contribution in [2.75, 3.05) is 12.4 Å². The standard InChI is InChI=1S/C32H40N4O4/c1-40-32(39)26-17-21(13-16-29(26)37)20-33-30-31(38)36(28-12-8-7-11-27(28)34-30)25-18-23-14-15-24(19-25)35(23)22-9-5-3-2-4-6-10-22/h7-8,11-13,16-17,22-25,37H,2-6,9-10,14-15,18-20H2,1H3,(H,33,34)/t23-,24+,25?. The Kier molecular flexibility index (Phi) is 7.78. The number of anilines is 1. The van der Waals surface area contributed by atoms with Crippen molar-refractivity contribution in [2.45, 2.75) is 101 Å². The van der Waals surface area contributed by atoms with Crippen LogP contribution in [0.5, 0.6) is 5.75 Å². The normalized spacial score (nSPS) is 24.0. The average Bonchev–Trinajstić information content (AvgIpc) is 3.20. The lowest BCUT2D eigenvalue weighted by Gasteiger charge is -2.45. The quantitative estimate of drug-likeness (QED) is 0.380. The van der Waals surface area contributed by atoms with E-state index in [1.165, 1.54) is 71.0 Å². The summed E-state index contributed by atoms with van der Waals surface area (Å²) in [6.07, 6.45) is 13.9. The number of phenolic OH excluding ortho intramolecular Hbond substituents is 1. The molecular weight excluding hydrogens is 504 g/mol. The fourth-order valence-electron chi connectivity index (χ4n) is 7.51. The van der Waals surface area contributed by atoms with Gasteiger partial charge < -0.3 is 19.7 Å². The second kappa shape index (κ2) is 11.6. The SMILES string of the molecule is COC(=O)c1cc(CNc2nc3ccccc3n(C3C[C@H]4CC[C@@H](C3)N4C3CCCCCCC3)c2=O)ccc1O. The van der Waals surface area contributed by atoms with Crippen LogP contribution < -0.4 is 10.9 Å². The van der Waals surface area contributed by atoms with E-state index in [4.69, 9.17) is 9.72 Å². The van der Waals surface area contributed by atoms with E-state index in [0.29, 0.717) is 23.9 Å². The van der Waals surface area contributed by atoms with Crippen molar-refractivity contribution in [2.24, 2.45) is 0 Å². The number of hydrogen-bond donors (Lipinski definition) is 2. The number of hydrogen-bond acceptors (Lipinski definition) is 7. The van der Waals surface area contributed by atoms with E-state index in [2.05, 4.69) is 10.2 Å². The number of methoxy groups -OCH3 is 1. The van der Waals surface area contributed by atoms with Crippen LogP contribution in [0.2, 0.25) is 0 Å². The number of fused-ring (bicyclic) bond motifs is 3. The number of carbonyl (C=O) groups excluding carboxylic acids is 1. The second-order valence-corrected chi connectivity index (χ2v) is 11.8. The van der Waals surface area contributed by atoms with Crippen LogP contribution >= 0.6 is 0 Å². The molecule has 8 nitrogen and oxygen atoms in total. The highest BCUT2D eigenvalue weighted by Crippen LogP contribution is 2.44. The summed E-state index contributed by atoms with van der Waals surface area (Å²) >= 11 is 0. The van der Waals surface area contributed by atoms with E-state index in [0.717, 1.165) is 29.4 Å². The van der Waals surface area contributed by atoms with Crippen LogP contribution in [0.3, 0.4) is 0 Å². The molecule has 8 heteroatoms. The Hall–Kier alpha value is -3.39. The molecule has 6 rings (SSSR count). The third kappa shape index (κ3) is 5.21. The smallest absolute Gasteiger partial charge is 0.341 e. The minimum Gasteiger partial charge on any atom is -0.507 e. The van der Waals surface area contributed by atoms with Gasteiger partial charge in [0.1, 0.15) is 11.3 Å². The lowest BCUT2D eigenvalue weighted by molar-refractivity contribution is 0.0498. The van der Waals surface area contributed by atoms with Crippen molar-refractivity contribution < 1.29 is 14.6 Å². The number of nitrogens with zero attached hydrogens (tertiary/aromatic N) is 3. The van der Waals surface area contributed by atoms with Gasteiger partial charge in [-0.15, -0.1) is 0 Å². The van der Waals surface area contributed by atoms with Crippen molar-refractivity contribution in [3.05, 3.63) is 63.9 Å². The summed E-state index contributed by atoms with van der Waals surface area (Å²) in [5.41, 5.74) is 2.41. The molecule has 1 unspecified atom stereocenters. The lowest BCUT2D eigenvalue weighted by atomic mass is 9.89. The molecule has 2 aromatic carbocycles. The second-order valence-electron chi connectivity index (χ2n) is 11.8. The van der Waals surface area contributed by atoms with Crippen LogP contribution in [0.15, 0.2) is 47.3 Å². The van der Waals surface area contributed by atoms with Gasteiger partial charge in [-0.2, -0.15) is 0 Å². The molecule has 2 N–H and O–H groups in total. The van der Waals surface area contributed by atoms with Crippen LogP contribution in [0, 0.1) is 0 Å². The first kappa shape index (κ1) is 26.8. The van der Waals surface area contributed by atoms with Gasteiger partial charge in [0.2, 0.25) is 0 Å². The number of phenols is 1. The molecule has 3 aliphatic rings. The van der Waals surface area contributed by atoms with E-state index < -0.39 is 5.97 Å². The maximum Gasteiger partial charge on any atom is 0.341 e. The van der Waals surface area contributed by atoms with Crippen LogP contribution in [0.4, 0.5) is 5.82 Å². The first-order valence-electron chi connectivity index (χ1n) is 15.0. The highest BCUT2D eigenvalue weighted by atomic mass is 16.5. The number of benzene rings is 2. The van der Waals surface area contributed by atoms with E-state index in [-0.39, 0.29) is 29.5 Å². The number of aromatic nitrogens is 2. The number of rotatable bonds is 6. The van der Waals surface area contributed by atoms with Crippen LogP contribution in [-0.2, 0) is 11.3 Å². The number of ether oxygens (including phenoxy) is 1. The Morgan fingerprint density at radius 2 is 1.65 bits per heavy atom. The van der Waals surface area contributed by atoms with Gasteiger partial charge in [-0.1, -0.05) is 50.3 Å². The molecule has 3 atom stereocenters. The zero-order valence-electron chi connectivity index (χ0n) is 23.3. The largest absolute Gasteiger partial charge is 0.507 e. The molecule has 3 heterocycles. The molecule has 1 aliphatic carbocycles. The molecule has 2 saturated heterocycles. The third-order valence-electron chi connectivity index (χ3n) is 9.35. The molecule has 0 radical (unpaired) electrons. The first-order valence-corrected chi connectivity index (χ1v) is 15.0. The van der Waals surface area contributed by atoms with E-state index >= 15 is 0 Å². The Labute approximate surface area is 235 Å². The number of carbonyl (C=O) groups is 1. The van der Waals surface area contributed by atoms with Gasteiger partial charge in [-0.3, -0.25) is 9.69 Å². The fourth-order valence-corrected chi connectivity index (χ4v) is 7.51. The van der Waals surface area contributed by atoms with Gasteiger partial charge in [-0.25, -0.2) is 9.78 Å². The van der Waals surface area contributed by atoms with Gasteiger partial charge in [0.15, 0.2) is 5.82 Å². The Morgan fingerprint density at radius 1 is 0.950 bits per heavy atom. The van der Waals surface area contributed by atoms with Crippen molar-refractivity contribution in [3.63, 3.8) is 0 Å². The molecule has 0 spiro atoms. The average molecular weight is 545 g/mol. The highest BCUT2D eigenvalue weighted by Gasteiger charge is 2.44. The Balaban J connectivity index is 1.27. The van der Waals surface area contributed by atoms with Crippen molar-refractivity contribution >= 4 is 22.8 Å². The van der Waals surface area contributed by atoms with Crippen LogP contribution in [-0.4, -0.2) is 50.8 Å². The maximum absolute atomic E-state index is 14.0. The summed E-state index contributed by atoms with van der Waals surface area (Å²) in [6.45, 7) is 0.288. The molecule has 2 bridgehead atoms. The molecule has 1 saturated carbocycles. The van der Waals surface area contributed by atoms with Gasteiger partial charge in [0, 0.05) is 30.7 Å². The molecule has 3 fully saturated rings. The topological polar surface area (TPSA) is 96.7 Å². The maximum atomic E-state index is 14.0. The summed E-state index contributed by atoms with van der Waals surface area (Å²) in [7, 11) is 1.28. The monoisotopic (exact) mass is 544 g/mol. The van der Waals surface area contributed by atoms with Gasteiger partial charge in [0.25, 0.3) is 5.56 Å². The lowest BCUT2D eigenvalue weighted by Crippen LogP contribution is -2.50. The summed E-state index contributed by atoms with van der Waals surface area (Å²) in [6, 6.07) is 14.6. The molecule has 0 amide bonds. The minimum absolute atomic E-state index is 0.0946. The number of piperidine rings is 1. The van der Waals surface area contributed by atoms with Gasteiger partial charge in [0.05, 0.1) is 18.1 Å². The Morgan fingerprint density at radius 3 is 2.38 bits per heavy atom. The van der Waals surface area contributed by atoms with Gasteiger partial charge in [-0.05, 0) is 68.4 Å². The minimum atomic E-state index is -0.606. The molecule has 1 aromatic heterocycles. The van der Waals surface area contributed by atoms with Crippen molar-refractivity contribution in [1.29, 1.82) is 0 Å². The third-order valence-corrected chi connectivity index (χ3v) is 9.35. The van der Waals surface area contributed by atoms with Crippen molar-refractivity contribution in [1.82, 2.24) is 14.5 Å². The molecule has 3 aromatic rings. The van der Waals surface area contributed by atoms with E-state index in [1.807, 2.05) is 28.8 Å². The zero-order valence-corrected chi connectivity index (χ0v) is 23.3. The predicted molar refractivity (Wildman–Crippen MR) is 156 cm³/mol. The summed E-state index contributed by atoms with van der Waals surface area (Å²) < 4.78 is 6.78. The van der Waals surface area contributed by atoms with Gasteiger partial charge >= 0.3 is 5.97 Å². The molecule has 212 valence electrons. The van der Waals surface area contributed by atoms with Crippen molar-refractivity contribution in [3.8, 4) is 5.75 Å². The number of para-hydroxylation sites is 2. The number of nitrogens with one attached hydrogen (secondary N) is 1. The van der Waals surface area contributed by atoms with E-state index in [9.17, 15) is 14.7 Å².